The van der Waals surface area contributed by atoms with Gasteiger partial charge in [-0.05, 0) is 35.6 Å². The van der Waals surface area contributed by atoms with Crippen LogP contribution in [0.25, 0.3) is 0 Å². The van der Waals surface area contributed by atoms with Crippen molar-refractivity contribution < 1.29 is 9.13 Å². The highest BCUT2D eigenvalue weighted by Gasteiger charge is 2.20. The highest BCUT2D eigenvalue weighted by Crippen LogP contribution is 2.30. The lowest BCUT2D eigenvalue weighted by Crippen LogP contribution is -2.14. The summed E-state index contributed by atoms with van der Waals surface area (Å²) in [6.07, 6.45) is 0. The molecule has 0 spiro atoms. The molecule has 0 saturated carbocycles. The molecule has 0 heterocycles. The van der Waals surface area contributed by atoms with Crippen LogP contribution in [0.2, 0.25) is 0 Å². The molecule has 0 radical (unpaired) electrons. The summed E-state index contributed by atoms with van der Waals surface area (Å²) in [6.45, 7) is 7.80. The Morgan fingerprint density at radius 1 is 1.21 bits per heavy atom. The number of methoxy groups -OCH3 is 1. The van der Waals surface area contributed by atoms with Gasteiger partial charge in [0.05, 0.1) is 7.11 Å². The fraction of sp³-hybridized carbons (Fsp3) is 0.500. The van der Waals surface area contributed by atoms with Gasteiger partial charge in [0.1, 0.15) is 11.6 Å². The molecule has 1 aromatic carbocycles. The summed E-state index contributed by atoms with van der Waals surface area (Å²) in [7, 11) is 1.60. The maximum Gasteiger partial charge on any atom is 0.127 e. The third kappa shape index (κ3) is 2.06. The topological polar surface area (TPSA) is 9.23 Å². The molecular formula is C12H17FO. The van der Waals surface area contributed by atoms with Crippen LogP contribution >= 0.6 is 0 Å². The zero-order valence-corrected chi connectivity index (χ0v) is 9.44. The van der Waals surface area contributed by atoms with Gasteiger partial charge in [-0.3, -0.25) is 0 Å². The fourth-order valence-corrected chi connectivity index (χ4v) is 1.45. The Morgan fingerprint density at radius 3 is 2.21 bits per heavy atom. The smallest absolute Gasteiger partial charge is 0.127 e. The summed E-state index contributed by atoms with van der Waals surface area (Å²) in [4.78, 5) is 0. The summed E-state index contributed by atoms with van der Waals surface area (Å²) >= 11 is 0. The molecule has 1 rings (SSSR count). The Balaban J connectivity index is 3.32. The number of hydrogen-bond acceptors (Lipinski definition) is 1. The van der Waals surface area contributed by atoms with Crippen LogP contribution in [0.4, 0.5) is 4.39 Å². The summed E-state index contributed by atoms with van der Waals surface area (Å²) in [6, 6.07) is 3.31. The molecule has 14 heavy (non-hydrogen) atoms. The van der Waals surface area contributed by atoms with E-state index in [1.807, 2.05) is 27.7 Å². The van der Waals surface area contributed by atoms with E-state index in [2.05, 4.69) is 0 Å². The lowest BCUT2D eigenvalue weighted by atomic mass is 9.86. The van der Waals surface area contributed by atoms with E-state index in [-0.39, 0.29) is 11.2 Å². The van der Waals surface area contributed by atoms with Crippen LogP contribution in [0, 0.1) is 12.7 Å². The molecule has 0 fully saturated rings. The molecule has 0 aliphatic heterocycles. The predicted octanol–water partition coefficient (Wildman–Crippen LogP) is 3.44. The first kappa shape index (κ1) is 11.0. The first-order valence-corrected chi connectivity index (χ1v) is 4.71. The van der Waals surface area contributed by atoms with Gasteiger partial charge in [-0.15, -0.1) is 0 Å². The molecule has 0 saturated heterocycles. The molecule has 0 unspecified atom stereocenters. The minimum atomic E-state index is -0.189. The maximum atomic E-state index is 13.6. The van der Waals surface area contributed by atoms with Crippen molar-refractivity contribution >= 4 is 0 Å². The second-order valence-corrected chi connectivity index (χ2v) is 4.55. The number of halogens is 1. The molecule has 0 bridgehead atoms. The van der Waals surface area contributed by atoms with Crippen molar-refractivity contribution in [2.24, 2.45) is 0 Å². The molecule has 0 aliphatic carbocycles. The molecule has 0 atom stereocenters. The van der Waals surface area contributed by atoms with Gasteiger partial charge in [-0.1, -0.05) is 20.8 Å². The van der Waals surface area contributed by atoms with Crippen molar-refractivity contribution in [1.82, 2.24) is 0 Å². The second-order valence-electron chi connectivity index (χ2n) is 4.55. The van der Waals surface area contributed by atoms with Gasteiger partial charge >= 0.3 is 0 Å². The molecule has 0 aromatic heterocycles. The summed E-state index contributed by atoms with van der Waals surface area (Å²) in [5, 5.41) is 0. The van der Waals surface area contributed by atoms with E-state index in [0.29, 0.717) is 5.56 Å². The Morgan fingerprint density at radius 2 is 1.79 bits per heavy atom. The standard InChI is InChI=1S/C12H17FO/c1-8-6-10(13)9(12(2,3)4)7-11(8)14-5/h6-7H,1-5H3. The second kappa shape index (κ2) is 3.60. The van der Waals surface area contributed by atoms with Crippen LogP contribution < -0.4 is 4.74 Å². The van der Waals surface area contributed by atoms with Crippen molar-refractivity contribution in [3.63, 3.8) is 0 Å². The number of ether oxygens (including phenoxy) is 1. The zero-order valence-electron chi connectivity index (χ0n) is 9.44. The van der Waals surface area contributed by atoms with Crippen molar-refractivity contribution in [2.75, 3.05) is 7.11 Å². The summed E-state index contributed by atoms with van der Waals surface area (Å²) < 4.78 is 18.8. The molecule has 0 aliphatic rings. The number of hydrogen-bond donors (Lipinski definition) is 0. The molecular weight excluding hydrogens is 179 g/mol. The Labute approximate surface area is 84.9 Å². The van der Waals surface area contributed by atoms with Gasteiger partial charge in [0.2, 0.25) is 0 Å². The minimum absolute atomic E-state index is 0.157. The van der Waals surface area contributed by atoms with Crippen LogP contribution in [0.1, 0.15) is 31.9 Å². The third-order valence-electron chi connectivity index (χ3n) is 2.29. The highest BCUT2D eigenvalue weighted by atomic mass is 19.1. The Kier molecular flexibility index (Phi) is 2.84. The highest BCUT2D eigenvalue weighted by molar-refractivity contribution is 5.40. The normalized spacial score (nSPS) is 11.6. The lowest BCUT2D eigenvalue weighted by molar-refractivity contribution is 0.406. The van der Waals surface area contributed by atoms with Crippen LogP contribution in [0.5, 0.6) is 5.75 Å². The van der Waals surface area contributed by atoms with Gasteiger partial charge in [-0.2, -0.15) is 0 Å². The summed E-state index contributed by atoms with van der Waals surface area (Å²) in [5.41, 5.74) is 1.34. The quantitative estimate of drug-likeness (QED) is 0.668. The average molecular weight is 196 g/mol. The molecule has 1 aromatic rings. The SMILES string of the molecule is COc1cc(C(C)(C)C)c(F)cc1C. The molecule has 0 amide bonds. The molecule has 78 valence electrons. The van der Waals surface area contributed by atoms with Crippen LogP contribution in [0.3, 0.4) is 0 Å². The van der Waals surface area contributed by atoms with E-state index in [1.165, 1.54) is 6.07 Å². The zero-order chi connectivity index (χ0) is 10.9. The largest absolute Gasteiger partial charge is 0.496 e. The first-order chi connectivity index (χ1) is 6.36. The Bertz CT molecular complexity index is 337. The fourth-order valence-electron chi connectivity index (χ4n) is 1.45. The molecule has 1 nitrogen and oxygen atoms in total. The van der Waals surface area contributed by atoms with Gasteiger partial charge in [0, 0.05) is 0 Å². The maximum absolute atomic E-state index is 13.6. The van der Waals surface area contributed by atoms with Crippen LogP contribution in [-0.4, -0.2) is 7.11 Å². The number of rotatable bonds is 1. The van der Waals surface area contributed by atoms with E-state index >= 15 is 0 Å². The van der Waals surface area contributed by atoms with E-state index in [0.717, 1.165) is 11.3 Å². The third-order valence-corrected chi connectivity index (χ3v) is 2.29. The van der Waals surface area contributed by atoms with Crippen molar-refractivity contribution in [2.45, 2.75) is 33.1 Å². The van der Waals surface area contributed by atoms with E-state index in [1.54, 1.807) is 13.2 Å². The molecule has 0 N–H and O–H groups in total. The van der Waals surface area contributed by atoms with Crippen molar-refractivity contribution in [3.8, 4) is 5.75 Å². The van der Waals surface area contributed by atoms with Crippen LogP contribution in [-0.2, 0) is 5.41 Å². The van der Waals surface area contributed by atoms with E-state index < -0.39 is 0 Å². The summed E-state index contributed by atoms with van der Waals surface area (Å²) in [5.74, 6) is 0.590. The van der Waals surface area contributed by atoms with Crippen molar-refractivity contribution in [3.05, 3.63) is 29.1 Å². The first-order valence-electron chi connectivity index (χ1n) is 4.71. The lowest BCUT2D eigenvalue weighted by Gasteiger charge is -2.21. The predicted molar refractivity (Wildman–Crippen MR) is 56.4 cm³/mol. The van der Waals surface area contributed by atoms with E-state index in [4.69, 9.17) is 4.74 Å². The van der Waals surface area contributed by atoms with Gasteiger partial charge in [0.15, 0.2) is 0 Å². The number of aryl methyl sites for hydroxylation is 1. The van der Waals surface area contributed by atoms with E-state index in [9.17, 15) is 4.39 Å². The van der Waals surface area contributed by atoms with Gasteiger partial charge < -0.3 is 4.74 Å². The molecule has 2 heteroatoms. The Hall–Kier alpha value is -1.05. The average Bonchev–Trinajstić information content (AvgIpc) is 2.02. The monoisotopic (exact) mass is 196 g/mol. The van der Waals surface area contributed by atoms with Crippen LogP contribution in [0.15, 0.2) is 12.1 Å². The minimum Gasteiger partial charge on any atom is -0.496 e. The number of benzene rings is 1. The van der Waals surface area contributed by atoms with Crippen molar-refractivity contribution in [1.29, 1.82) is 0 Å². The van der Waals surface area contributed by atoms with Gasteiger partial charge in [-0.25, -0.2) is 4.39 Å². The van der Waals surface area contributed by atoms with Gasteiger partial charge in [0.25, 0.3) is 0 Å².